The highest BCUT2D eigenvalue weighted by molar-refractivity contribution is 8.14. The molecular formula is C14H16F4N2S. The van der Waals surface area contributed by atoms with Gasteiger partial charge in [-0.25, -0.2) is 4.39 Å². The molecule has 2 rings (SSSR count). The molecule has 116 valence electrons. The molecule has 0 aliphatic carbocycles. The average Bonchev–Trinajstić information content (AvgIpc) is 2.84. The van der Waals surface area contributed by atoms with Crippen molar-refractivity contribution in [3.05, 3.63) is 29.6 Å². The quantitative estimate of drug-likeness (QED) is 0.800. The minimum absolute atomic E-state index is 0.153. The maximum atomic E-state index is 13.2. The maximum absolute atomic E-state index is 13.2. The Hall–Kier alpha value is -1.24. The first-order valence-electron chi connectivity index (χ1n) is 6.66. The van der Waals surface area contributed by atoms with Gasteiger partial charge < -0.3 is 5.32 Å². The molecule has 0 spiro atoms. The van der Waals surface area contributed by atoms with E-state index in [0.29, 0.717) is 5.17 Å². The molecule has 1 aliphatic rings. The van der Waals surface area contributed by atoms with Crippen molar-refractivity contribution in [3.8, 4) is 0 Å². The Balaban J connectivity index is 2.22. The SMILES string of the molecule is CCC1(CC)CSC(Nc2ccc(F)c(C(F)(F)F)c2)=N1. The fraction of sp³-hybridized carbons (Fsp3) is 0.500. The molecule has 0 unspecified atom stereocenters. The first-order chi connectivity index (χ1) is 9.79. The van der Waals surface area contributed by atoms with E-state index < -0.39 is 17.6 Å². The Kier molecular flexibility index (Phi) is 4.51. The fourth-order valence-corrected chi connectivity index (χ4v) is 3.43. The van der Waals surface area contributed by atoms with Gasteiger partial charge in [0.2, 0.25) is 0 Å². The molecule has 1 aliphatic heterocycles. The molecule has 0 saturated heterocycles. The molecule has 0 amide bonds. The summed E-state index contributed by atoms with van der Waals surface area (Å²) in [5.74, 6) is -0.471. The number of hydrogen-bond acceptors (Lipinski definition) is 3. The number of aliphatic imine (C=N–C) groups is 1. The second kappa shape index (κ2) is 5.87. The van der Waals surface area contributed by atoms with Gasteiger partial charge in [0, 0.05) is 11.4 Å². The molecule has 0 bridgehead atoms. The molecule has 0 aromatic heterocycles. The second-order valence-electron chi connectivity index (χ2n) is 4.95. The van der Waals surface area contributed by atoms with E-state index in [0.717, 1.165) is 30.7 Å². The molecule has 0 radical (unpaired) electrons. The van der Waals surface area contributed by atoms with Crippen molar-refractivity contribution in [2.75, 3.05) is 11.1 Å². The summed E-state index contributed by atoms with van der Waals surface area (Å²) in [6.07, 6.45) is -2.96. The van der Waals surface area contributed by atoms with E-state index in [1.54, 1.807) is 0 Å². The van der Waals surface area contributed by atoms with Crippen molar-refractivity contribution >= 4 is 22.6 Å². The van der Waals surface area contributed by atoms with Crippen molar-refractivity contribution < 1.29 is 17.6 Å². The van der Waals surface area contributed by atoms with Gasteiger partial charge in [-0.2, -0.15) is 13.2 Å². The third kappa shape index (κ3) is 3.51. The number of nitrogens with zero attached hydrogens (tertiary/aromatic N) is 1. The second-order valence-corrected chi connectivity index (χ2v) is 5.92. The Morgan fingerprint density at radius 3 is 2.48 bits per heavy atom. The number of amidine groups is 1. The average molecular weight is 320 g/mol. The Morgan fingerprint density at radius 1 is 1.29 bits per heavy atom. The number of thioether (sulfide) groups is 1. The lowest BCUT2D eigenvalue weighted by atomic mass is 9.97. The van der Waals surface area contributed by atoms with Crippen molar-refractivity contribution in [2.45, 2.75) is 38.4 Å². The normalized spacial score (nSPS) is 17.7. The zero-order chi connectivity index (χ0) is 15.7. The zero-order valence-electron chi connectivity index (χ0n) is 11.7. The Labute approximate surface area is 125 Å². The predicted octanol–water partition coefficient (Wildman–Crippen LogP) is 4.92. The summed E-state index contributed by atoms with van der Waals surface area (Å²) < 4.78 is 51.2. The third-order valence-electron chi connectivity index (χ3n) is 3.66. The summed E-state index contributed by atoms with van der Waals surface area (Å²) in [5.41, 5.74) is -1.23. The summed E-state index contributed by atoms with van der Waals surface area (Å²) >= 11 is 1.47. The van der Waals surface area contributed by atoms with Gasteiger partial charge in [0.1, 0.15) is 5.82 Å². The molecule has 0 fully saturated rings. The molecule has 1 N–H and O–H groups in total. The van der Waals surface area contributed by atoms with Crippen LogP contribution in [0.2, 0.25) is 0 Å². The standard InChI is InChI=1S/C14H16F4N2S/c1-3-13(4-2)8-21-12(20-13)19-9-5-6-11(15)10(7-9)14(16,17)18/h5-7H,3-4,8H2,1-2H3,(H,19,20). The molecule has 1 aromatic carbocycles. The molecular weight excluding hydrogens is 304 g/mol. The highest BCUT2D eigenvalue weighted by Crippen LogP contribution is 2.36. The van der Waals surface area contributed by atoms with E-state index in [9.17, 15) is 17.6 Å². The van der Waals surface area contributed by atoms with Crippen LogP contribution in [0.5, 0.6) is 0 Å². The van der Waals surface area contributed by atoms with Crippen molar-refractivity contribution in [1.29, 1.82) is 0 Å². The van der Waals surface area contributed by atoms with Crippen molar-refractivity contribution in [2.24, 2.45) is 4.99 Å². The lowest BCUT2D eigenvalue weighted by molar-refractivity contribution is -0.139. The molecule has 2 nitrogen and oxygen atoms in total. The first-order valence-corrected chi connectivity index (χ1v) is 7.64. The van der Waals surface area contributed by atoms with Crippen LogP contribution in [0, 0.1) is 5.82 Å². The highest BCUT2D eigenvalue weighted by atomic mass is 32.2. The third-order valence-corrected chi connectivity index (χ3v) is 4.80. The van der Waals surface area contributed by atoms with E-state index in [4.69, 9.17) is 0 Å². The largest absolute Gasteiger partial charge is 0.419 e. The molecule has 1 heterocycles. The van der Waals surface area contributed by atoms with Crippen LogP contribution in [0.3, 0.4) is 0 Å². The van der Waals surface area contributed by atoms with Crippen LogP contribution >= 0.6 is 11.8 Å². The topological polar surface area (TPSA) is 24.4 Å². The van der Waals surface area contributed by atoms with E-state index in [2.05, 4.69) is 10.3 Å². The van der Waals surface area contributed by atoms with Crippen molar-refractivity contribution in [3.63, 3.8) is 0 Å². The van der Waals surface area contributed by atoms with Gasteiger partial charge in [0.25, 0.3) is 0 Å². The summed E-state index contributed by atoms with van der Waals surface area (Å²) in [6.45, 7) is 4.08. The maximum Gasteiger partial charge on any atom is 0.419 e. The number of anilines is 1. The van der Waals surface area contributed by atoms with Crippen LogP contribution in [0.15, 0.2) is 23.2 Å². The zero-order valence-corrected chi connectivity index (χ0v) is 12.5. The first kappa shape index (κ1) is 16.1. The van der Waals surface area contributed by atoms with Gasteiger partial charge in [-0.3, -0.25) is 4.99 Å². The lowest BCUT2D eigenvalue weighted by Gasteiger charge is -2.20. The van der Waals surface area contributed by atoms with E-state index in [1.165, 1.54) is 17.8 Å². The lowest BCUT2D eigenvalue weighted by Crippen LogP contribution is -2.24. The Morgan fingerprint density at radius 2 is 1.95 bits per heavy atom. The smallest absolute Gasteiger partial charge is 0.335 e. The molecule has 1 aromatic rings. The number of rotatable bonds is 3. The van der Waals surface area contributed by atoms with Gasteiger partial charge in [0.05, 0.1) is 11.1 Å². The van der Waals surface area contributed by atoms with Crippen LogP contribution < -0.4 is 5.32 Å². The number of alkyl halides is 3. The molecule has 7 heteroatoms. The highest BCUT2D eigenvalue weighted by Gasteiger charge is 2.35. The van der Waals surface area contributed by atoms with Gasteiger partial charge in [-0.1, -0.05) is 25.6 Å². The number of nitrogens with one attached hydrogen (secondary N) is 1. The van der Waals surface area contributed by atoms with E-state index in [-0.39, 0.29) is 11.2 Å². The number of benzene rings is 1. The number of halogens is 4. The van der Waals surface area contributed by atoms with Crippen LogP contribution in [0.1, 0.15) is 32.3 Å². The summed E-state index contributed by atoms with van der Waals surface area (Å²) in [4.78, 5) is 4.56. The molecule has 21 heavy (non-hydrogen) atoms. The van der Waals surface area contributed by atoms with E-state index >= 15 is 0 Å². The summed E-state index contributed by atoms with van der Waals surface area (Å²) in [7, 11) is 0. The van der Waals surface area contributed by atoms with Crippen LogP contribution in [-0.4, -0.2) is 16.5 Å². The minimum atomic E-state index is -4.71. The van der Waals surface area contributed by atoms with Crippen LogP contribution in [-0.2, 0) is 6.18 Å². The summed E-state index contributed by atoms with van der Waals surface area (Å²) in [5, 5.41) is 3.43. The van der Waals surface area contributed by atoms with Crippen molar-refractivity contribution in [1.82, 2.24) is 0 Å². The molecule has 0 atom stereocenters. The summed E-state index contributed by atoms with van der Waals surface area (Å²) in [6, 6.07) is 2.88. The predicted molar refractivity (Wildman–Crippen MR) is 78.2 cm³/mol. The van der Waals surface area contributed by atoms with Gasteiger partial charge in [-0.15, -0.1) is 0 Å². The van der Waals surface area contributed by atoms with Crippen LogP contribution in [0.4, 0.5) is 23.2 Å². The monoisotopic (exact) mass is 320 g/mol. The fourth-order valence-electron chi connectivity index (χ4n) is 2.10. The van der Waals surface area contributed by atoms with Crippen LogP contribution in [0.25, 0.3) is 0 Å². The van der Waals surface area contributed by atoms with E-state index in [1.807, 2.05) is 13.8 Å². The number of hydrogen-bond donors (Lipinski definition) is 1. The Bertz CT molecular complexity index is 550. The van der Waals surface area contributed by atoms with Gasteiger partial charge >= 0.3 is 6.18 Å². The van der Waals surface area contributed by atoms with Gasteiger partial charge in [0.15, 0.2) is 5.17 Å². The minimum Gasteiger partial charge on any atom is -0.335 e. The van der Waals surface area contributed by atoms with Gasteiger partial charge in [-0.05, 0) is 31.0 Å². The molecule has 0 saturated carbocycles.